The van der Waals surface area contributed by atoms with Crippen molar-refractivity contribution in [3.8, 4) is 0 Å². The molecule has 1 saturated heterocycles. The minimum atomic E-state index is -0.369. The van der Waals surface area contributed by atoms with Crippen molar-refractivity contribution in [2.24, 2.45) is 0 Å². The maximum absolute atomic E-state index is 14.5. The SMILES string of the molecule is O=C(NCc1ccc(C2CC2)cc1F)N(C1CC1)[C@@H]1CCCN(c2ccnc(=O)[nH]2)C1. The molecule has 2 heterocycles. The quantitative estimate of drug-likeness (QED) is 0.745. The smallest absolute Gasteiger partial charge is 0.346 e. The van der Waals surface area contributed by atoms with E-state index in [1.807, 2.05) is 11.0 Å². The highest BCUT2D eigenvalue weighted by Gasteiger charge is 2.39. The van der Waals surface area contributed by atoms with Crippen LogP contribution in [0.1, 0.15) is 55.6 Å². The molecule has 1 aliphatic heterocycles. The maximum Gasteiger partial charge on any atom is 0.346 e. The van der Waals surface area contributed by atoms with Crippen molar-refractivity contribution < 1.29 is 9.18 Å². The molecule has 1 aromatic heterocycles. The van der Waals surface area contributed by atoms with Crippen molar-refractivity contribution >= 4 is 11.8 Å². The van der Waals surface area contributed by atoms with E-state index < -0.39 is 0 Å². The van der Waals surface area contributed by atoms with Crippen LogP contribution in [0.3, 0.4) is 0 Å². The number of benzene rings is 1. The Bertz CT molecular complexity index is 1020. The Labute approximate surface area is 180 Å². The Morgan fingerprint density at radius 2 is 2.03 bits per heavy atom. The molecule has 0 bridgehead atoms. The van der Waals surface area contributed by atoms with Gasteiger partial charge in [0.15, 0.2) is 0 Å². The third-order valence-corrected chi connectivity index (χ3v) is 6.52. The fourth-order valence-corrected chi connectivity index (χ4v) is 4.57. The molecule has 5 rings (SSSR count). The molecule has 3 aliphatic rings. The van der Waals surface area contributed by atoms with Gasteiger partial charge in [-0.05, 0) is 62.1 Å². The van der Waals surface area contributed by atoms with E-state index in [0.29, 0.717) is 18.0 Å². The molecule has 8 heteroatoms. The number of aromatic nitrogens is 2. The van der Waals surface area contributed by atoms with Gasteiger partial charge < -0.3 is 15.1 Å². The summed E-state index contributed by atoms with van der Waals surface area (Å²) in [5, 5.41) is 2.95. The number of nitrogens with one attached hydrogen (secondary N) is 2. The number of carbonyl (C=O) groups excluding carboxylic acids is 1. The molecule has 2 aliphatic carbocycles. The van der Waals surface area contributed by atoms with Gasteiger partial charge in [-0.2, -0.15) is 0 Å². The Morgan fingerprint density at radius 1 is 1.19 bits per heavy atom. The molecule has 31 heavy (non-hydrogen) atoms. The number of rotatable bonds is 6. The highest BCUT2D eigenvalue weighted by atomic mass is 19.1. The largest absolute Gasteiger partial charge is 0.356 e. The molecule has 2 saturated carbocycles. The van der Waals surface area contributed by atoms with Gasteiger partial charge in [0.1, 0.15) is 11.6 Å². The second kappa shape index (κ2) is 8.32. The monoisotopic (exact) mass is 425 g/mol. The molecule has 1 aromatic carbocycles. The number of H-pyrrole nitrogens is 1. The van der Waals surface area contributed by atoms with Crippen LogP contribution >= 0.6 is 0 Å². The first-order valence-electron chi connectivity index (χ1n) is 11.2. The molecule has 2 N–H and O–H groups in total. The number of carbonyl (C=O) groups is 1. The van der Waals surface area contributed by atoms with Crippen LogP contribution in [-0.4, -0.2) is 46.1 Å². The summed E-state index contributed by atoms with van der Waals surface area (Å²) in [6.07, 6.45) is 7.63. The van der Waals surface area contributed by atoms with Crippen LogP contribution in [0.2, 0.25) is 0 Å². The molecule has 1 atom stereocenters. The first-order chi connectivity index (χ1) is 15.1. The maximum atomic E-state index is 14.5. The van der Waals surface area contributed by atoms with Gasteiger partial charge in [-0.15, -0.1) is 0 Å². The van der Waals surface area contributed by atoms with Gasteiger partial charge >= 0.3 is 11.7 Å². The molecule has 0 radical (unpaired) electrons. The van der Waals surface area contributed by atoms with Crippen LogP contribution in [0.25, 0.3) is 0 Å². The molecule has 3 fully saturated rings. The van der Waals surface area contributed by atoms with Gasteiger partial charge in [0.25, 0.3) is 0 Å². The second-order valence-electron chi connectivity index (χ2n) is 8.92. The number of piperidine rings is 1. The second-order valence-corrected chi connectivity index (χ2v) is 8.92. The summed E-state index contributed by atoms with van der Waals surface area (Å²) in [7, 11) is 0. The first-order valence-corrected chi connectivity index (χ1v) is 11.2. The molecule has 0 spiro atoms. The Morgan fingerprint density at radius 3 is 2.74 bits per heavy atom. The minimum Gasteiger partial charge on any atom is -0.356 e. The van der Waals surface area contributed by atoms with Crippen molar-refractivity contribution in [1.29, 1.82) is 0 Å². The van der Waals surface area contributed by atoms with E-state index in [0.717, 1.165) is 56.5 Å². The van der Waals surface area contributed by atoms with E-state index in [1.165, 1.54) is 6.20 Å². The van der Waals surface area contributed by atoms with E-state index in [2.05, 4.69) is 20.2 Å². The third kappa shape index (κ3) is 4.57. The topological polar surface area (TPSA) is 81.3 Å². The lowest BCUT2D eigenvalue weighted by molar-refractivity contribution is 0.160. The Kier molecular flexibility index (Phi) is 5.38. The number of urea groups is 1. The van der Waals surface area contributed by atoms with Crippen molar-refractivity contribution in [2.45, 2.75) is 63.1 Å². The lowest BCUT2D eigenvalue weighted by Gasteiger charge is -2.40. The number of halogens is 1. The summed E-state index contributed by atoms with van der Waals surface area (Å²) in [6, 6.07) is 7.35. The fourth-order valence-electron chi connectivity index (χ4n) is 4.57. The van der Waals surface area contributed by atoms with E-state index in [-0.39, 0.29) is 36.2 Å². The van der Waals surface area contributed by atoms with E-state index in [9.17, 15) is 14.0 Å². The van der Waals surface area contributed by atoms with Crippen molar-refractivity contribution in [1.82, 2.24) is 20.2 Å². The van der Waals surface area contributed by atoms with E-state index in [4.69, 9.17) is 0 Å². The highest BCUT2D eigenvalue weighted by molar-refractivity contribution is 5.75. The zero-order chi connectivity index (χ0) is 21.4. The standard InChI is InChI=1S/C23H28FN5O2/c24-20-12-16(15-3-4-15)5-6-17(20)13-26-23(31)29(18-7-8-18)19-2-1-11-28(14-19)21-9-10-25-22(30)27-21/h5-6,9-10,12,15,18-19H,1-4,7-8,11,13-14H2,(H,26,31)(H,25,27,30)/t19-/m1/s1. The molecule has 7 nitrogen and oxygen atoms in total. The van der Waals surface area contributed by atoms with Crippen LogP contribution in [0.15, 0.2) is 35.3 Å². The predicted octanol–water partition coefficient (Wildman–Crippen LogP) is 3.13. The van der Waals surface area contributed by atoms with E-state index in [1.54, 1.807) is 18.2 Å². The van der Waals surface area contributed by atoms with Gasteiger partial charge in [-0.1, -0.05) is 12.1 Å². The van der Waals surface area contributed by atoms with Crippen molar-refractivity contribution in [2.75, 3.05) is 18.0 Å². The number of hydrogen-bond donors (Lipinski definition) is 2. The summed E-state index contributed by atoms with van der Waals surface area (Å²) in [4.78, 5) is 35.2. The lowest BCUT2D eigenvalue weighted by Crippen LogP contribution is -2.54. The van der Waals surface area contributed by atoms with Gasteiger partial charge in [-0.3, -0.25) is 4.98 Å². The summed E-state index contributed by atoms with van der Waals surface area (Å²) in [5.41, 5.74) is 1.21. The first kappa shape index (κ1) is 20.0. The van der Waals surface area contributed by atoms with Crippen LogP contribution in [0, 0.1) is 5.82 Å². The number of hydrogen-bond acceptors (Lipinski definition) is 4. The normalized spacial score (nSPS) is 21.1. The van der Waals surface area contributed by atoms with Gasteiger partial charge in [0.05, 0.1) is 6.04 Å². The molecular formula is C23H28FN5O2. The van der Waals surface area contributed by atoms with Gasteiger partial charge in [0.2, 0.25) is 0 Å². The molecular weight excluding hydrogens is 397 g/mol. The van der Waals surface area contributed by atoms with Crippen molar-refractivity contribution in [3.05, 3.63) is 57.9 Å². The third-order valence-electron chi connectivity index (χ3n) is 6.52. The Balaban J connectivity index is 1.25. The summed E-state index contributed by atoms with van der Waals surface area (Å²) < 4.78 is 14.5. The zero-order valence-electron chi connectivity index (χ0n) is 17.5. The summed E-state index contributed by atoms with van der Waals surface area (Å²) in [5.74, 6) is 1.000. The van der Waals surface area contributed by atoms with E-state index >= 15 is 0 Å². The zero-order valence-corrected chi connectivity index (χ0v) is 17.5. The lowest BCUT2D eigenvalue weighted by atomic mass is 10.0. The number of anilines is 1. The number of nitrogens with zero attached hydrogens (tertiary/aromatic N) is 3. The summed E-state index contributed by atoms with van der Waals surface area (Å²) >= 11 is 0. The van der Waals surface area contributed by atoms with Gasteiger partial charge in [0, 0.05) is 37.4 Å². The van der Waals surface area contributed by atoms with Crippen molar-refractivity contribution in [3.63, 3.8) is 0 Å². The van der Waals surface area contributed by atoms with Crippen LogP contribution < -0.4 is 15.9 Å². The minimum absolute atomic E-state index is 0.0556. The predicted molar refractivity (Wildman–Crippen MR) is 116 cm³/mol. The average Bonchev–Trinajstić information content (AvgIpc) is 3.67. The Hall–Kier alpha value is -2.90. The van der Waals surface area contributed by atoms with Crippen LogP contribution in [0.4, 0.5) is 15.0 Å². The van der Waals surface area contributed by atoms with Crippen LogP contribution in [0.5, 0.6) is 0 Å². The molecule has 2 aromatic rings. The molecule has 2 amide bonds. The van der Waals surface area contributed by atoms with Crippen LogP contribution in [-0.2, 0) is 6.54 Å². The van der Waals surface area contributed by atoms with Gasteiger partial charge in [-0.25, -0.2) is 19.0 Å². The number of aromatic amines is 1. The highest BCUT2D eigenvalue weighted by Crippen LogP contribution is 2.40. The molecule has 164 valence electrons. The molecule has 0 unspecified atom stereocenters. The summed E-state index contributed by atoms with van der Waals surface area (Å²) in [6.45, 7) is 1.68. The fraction of sp³-hybridized carbons (Fsp3) is 0.522. The average molecular weight is 426 g/mol. The number of amides is 2.